The van der Waals surface area contributed by atoms with Crippen molar-refractivity contribution in [1.82, 2.24) is 14.5 Å². The lowest BCUT2D eigenvalue weighted by Crippen LogP contribution is -2.32. The van der Waals surface area contributed by atoms with E-state index in [0.717, 1.165) is 16.7 Å². The first kappa shape index (κ1) is 26.9. The number of carbonyl (C=O) groups excluding carboxylic acids is 1. The summed E-state index contributed by atoms with van der Waals surface area (Å²) in [6, 6.07) is 23.9. The molecule has 3 aromatic carbocycles. The summed E-state index contributed by atoms with van der Waals surface area (Å²) in [7, 11) is -2.21. The number of sulfone groups is 1. The number of benzene rings is 3. The number of aromatic nitrogens is 2. The zero-order valence-corrected chi connectivity index (χ0v) is 22.4. The predicted molar refractivity (Wildman–Crippen MR) is 148 cm³/mol. The van der Waals surface area contributed by atoms with Gasteiger partial charge in [-0.25, -0.2) is 13.4 Å². The summed E-state index contributed by atoms with van der Waals surface area (Å²) < 4.78 is 34.1. The standard InChI is InChI=1S/C30H31N3O4S/c1-4-18-32(29(34)25-14-16-28(37-3)17-15-25)21-27-19-31-30(33(27)20-24-11-6-5-7-12-24)38(35,36)22-26-13-9-8-10-23(26)2/h4-17,19H,1,18,20-22H2,2-3H3. The Bertz CT molecular complexity index is 1510. The number of ether oxygens (including phenoxy) is 1. The maximum Gasteiger partial charge on any atom is 0.254 e. The predicted octanol–water partition coefficient (Wildman–Crippen LogP) is 5.05. The molecule has 4 aromatic rings. The van der Waals surface area contributed by atoms with Crippen LogP contribution in [0.25, 0.3) is 0 Å². The molecule has 0 bridgehead atoms. The molecule has 0 N–H and O–H groups in total. The lowest BCUT2D eigenvalue weighted by Gasteiger charge is -2.22. The summed E-state index contributed by atoms with van der Waals surface area (Å²) in [6.07, 6.45) is 3.19. The second-order valence-corrected chi connectivity index (χ2v) is 10.9. The summed E-state index contributed by atoms with van der Waals surface area (Å²) in [5.74, 6) is 0.289. The van der Waals surface area contributed by atoms with Gasteiger partial charge in [0, 0.05) is 12.1 Å². The third-order valence-electron chi connectivity index (χ3n) is 6.30. The summed E-state index contributed by atoms with van der Waals surface area (Å²) in [5, 5.41) is -0.0185. The molecule has 1 amide bonds. The third kappa shape index (κ3) is 6.20. The van der Waals surface area contributed by atoms with Crippen molar-refractivity contribution in [3.63, 3.8) is 0 Å². The number of hydrogen-bond acceptors (Lipinski definition) is 5. The molecule has 0 atom stereocenters. The normalized spacial score (nSPS) is 11.2. The lowest BCUT2D eigenvalue weighted by atomic mass is 10.1. The van der Waals surface area contributed by atoms with Crippen LogP contribution in [0.15, 0.2) is 103 Å². The van der Waals surface area contributed by atoms with Crippen molar-refractivity contribution in [3.8, 4) is 5.75 Å². The number of rotatable bonds is 11. The first-order chi connectivity index (χ1) is 18.3. The van der Waals surface area contributed by atoms with E-state index in [2.05, 4.69) is 11.6 Å². The zero-order valence-electron chi connectivity index (χ0n) is 21.6. The molecule has 0 aliphatic carbocycles. The highest BCUT2D eigenvalue weighted by atomic mass is 32.2. The quantitative estimate of drug-likeness (QED) is 0.254. The fourth-order valence-electron chi connectivity index (χ4n) is 4.23. The Morgan fingerprint density at radius 2 is 1.71 bits per heavy atom. The molecule has 0 radical (unpaired) electrons. The smallest absolute Gasteiger partial charge is 0.254 e. The maximum atomic E-state index is 13.6. The van der Waals surface area contributed by atoms with Gasteiger partial charge in [-0.3, -0.25) is 4.79 Å². The molecule has 0 saturated heterocycles. The minimum absolute atomic E-state index is 0.0185. The first-order valence-corrected chi connectivity index (χ1v) is 13.9. The van der Waals surface area contributed by atoms with Crippen molar-refractivity contribution in [1.29, 1.82) is 0 Å². The van der Waals surface area contributed by atoms with Gasteiger partial charge >= 0.3 is 0 Å². The molecule has 1 heterocycles. The number of hydrogen-bond donors (Lipinski definition) is 0. The van der Waals surface area contributed by atoms with Crippen molar-refractivity contribution in [2.24, 2.45) is 0 Å². The summed E-state index contributed by atoms with van der Waals surface area (Å²) in [6.45, 7) is 6.45. The van der Waals surface area contributed by atoms with Crippen LogP contribution in [0, 0.1) is 6.92 Å². The first-order valence-electron chi connectivity index (χ1n) is 12.2. The van der Waals surface area contributed by atoms with Crippen LogP contribution in [-0.4, -0.2) is 42.4 Å². The number of carbonyl (C=O) groups is 1. The molecule has 0 saturated carbocycles. The molecular formula is C30H31N3O4S. The van der Waals surface area contributed by atoms with Crippen LogP contribution in [0.2, 0.25) is 0 Å². The van der Waals surface area contributed by atoms with Gasteiger partial charge in [-0.15, -0.1) is 6.58 Å². The molecule has 38 heavy (non-hydrogen) atoms. The Labute approximate surface area is 223 Å². The fraction of sp³-hybridized carbons (Fsp3) is 0.200. The van der Waals surface area contributed by atoms with Crippen LogP contribution < -0.4 is 4.74 Å². The molecule has 0 aliphatic rings. The van der Waals surface area contributed by atoms with E-state index < -0.39 is 9.84 Å². The van der Waals surface area contributed by atoms with Gasteiger partial charge in [0.05, 0.1) is 37.8 Å². The summed E-state index contributed by atoms with van der Waals surface area (Å²) in [4.78, 5) is 19.4. The van der Waals surface area contributed by atoms with Gasteiger partial charge in [-0.2, -0.15) is 0 Å². The van der Waals surface area contributed by atoms with Gasteiger partial charge in [-0.1, -0.05) is 60.7 Å². The van der Waals surface area contributed by atoms with Gasteiger partial charge in [-0.05, 0) is 47.9 Å². The minimum atomic E-state index is -3.78. The van der Waals surface area contributed by atoms with E-state index in [1.165, 1.54) is 0 Å². The van der Waals surface area contributed by atoms with E-state index in [-0.39, 0.29) is 29.9 Å². The van der Waals surface area contributed by atoms with E-state index in [9.17, 15) is 13.2 Å². The lowest BCUT2D eigenvalue weighted by molar-refractivity contribution is 0.0759. The number of methoxy groups -OCH3 is 1. The third-order valence-corrected chi connectivity index (χ3v) is 7.87. The number of nitrogens with zero attached hydrogens (tertiary/aromatic N) is 3. The van der Waals surface area contributed by atoms with E-state index >= 15 is 0 Å². The molecule has 0 spiro atoms. The largest absolute Gasteiger partial charge is 0.497 e. The molecule has 1 aromatic heterocycles. The van der Waals surface area contributed by atoms with E-state index in [1.54, 1.807) is 53.1 Å². The van der Waals surface area contributed by atoms with Crippen LogP contribution in [-0.2, 0) is 28.7 Å². The Hall–Kier alpha value is -4.17. The average Bonchev–Trinajstić information content (AvgIpc) is 3.32. The maximum absolute atomic E-state index is 13.6. The van der Waals surface area contributed by atoms with Crippen molar-refractivity contribution < 1.29 is 17.9 Å². The monoisotopic (exact) mass is 529 g/mol. The molecule has 4 rings (SSSR count). The van der Waals surface area contributed by atoms with Crippen molar-refractivity contribution in [2.75, 3.05) is 13.7 Å². The van der Waals surface area contributed by atoms with Crippen molar-refractivity contribution >= 4 is 15.7 Å². The van der Waals surface area contributed by atoms with E-state index in [0.29, 0.717) is 23.6 Å². The molecule has 0 aliphatic heterocycles. The van der Waals surface area contributed by atoms with Gasteiger partial charge in [0.25, 0.3) is 5.91 Å². The second kappa shape index (κ2) is 11.9. The van der Waals surface area contributed by atoms with Crippen LogP contribution in [0.4, 0.5) is 0 Å². The summed E-state index contributed by atoms with van der Waals surface area (Å²) in [5.41, 5.74) is 3.66. The Kier molecular flexibility index (Phi) is 8.43. The fourth-order valence-corrected chi connectivity index (χ4v) is 5.82. The minimum Gasteiger partial charge on any atom is -0.497 e. The SMILES string of the molecule is C=CCN(Cc1cnc(S(=O)(=O)Cc2ccccc2C)n1Cc1ccccc1)C(=O)c1ccc(OC)cc1. The Morgan fingerprint density at radius 3 is 2.37 bits per heavy atom. The van der Waals surface area contributed by atoms with Crippen molar-refractivity contribution in [3.05, 3.63) is 126 Å². The average molecular weight is 530 g/mol. The number of imidazole rings is 1. The van der Waals surface area contributed by atoms with Crippen molar-refractivity contribution in [2.45, 2.75) is 30.9 Å². The van der Waals surface area contributed by atoms with Gasteiger partial charge < -0.3 is 14.2 Å². The van der Waals surface area contributed by atoms with Crippen LogP contribution in [0.5, 0.6) is 5.75 Å². The number of amides is 1. The molecule has 8 heteroatoms. The van der Waals surface area contributed by atoms with Gasteiger partial charge in [0.1, 0.15) is 5.75 Å². The van der Waals surface area contributed by atoms with E-state index in [4.69, 9.17) is 4.74 Å². The van der Waals surface area contributed by atoms with Crippen LogP contribution in [0.1, 0.15) is 32.7 Å². The van der Waals surface area contributed by atoms with Crippen LogP contribution in [0.3, 0.4) is 0 Å². The highest BCUT2D eigenvalue weighted by molar-refractivity contribution is 7.90. The van der Waals surface area contributed by atoms with Crippen LogP contribution >= 0.6 is 0 Å². The molecule has 7 nitrogen and oxygen atoms in total. The zero-order chi connectivity index (χ0) is 27.1. The molecule has 0 fully saturated rings. The highest BCUT2D eigenvalue weighted by Gasteiger charge is 2.26. The Morgan fingerprint density at radius 1 is 1.03 bits per heavy atom. The van der Waals surface area contributed by atoms with Gasteiger partial charge in [0.2, 0.25) is 15.0 Å². The molecule has 196 valence electrons. The molecule has 0 unspecified atom stereocenters. The van der Waals surface area contributed by atoms with E-state index in [1.807, 2.05) is 61.5 Å². The topological polar surface area (TPSA) is 81.5 Å². The number of aryl methyl sites for hydroxylation is 1. The Balaban J connectivity index is 1.71. The summed E-state index contributed by atoms with van der Waals surface area (Å²) >= 11 is 0. The molecular weight excluding hydrogens is 498 g/mol. The highest BCUT2D eigenvalue weighted by Crippen LogP contribution is 2.22. The second-order valence-electron chi connectivity index (χ2n) is 8.99. The van der Waals surface area contributed by atoms with Gasteiger partial charge in [0.15, 0.2) is 0 Å².